The number of pyridine rings is 1. The largest absolute Gasteiger partial charge is 0.508 e. The first-order valence-electron chi connectivity index (χ1n) is 7.73. The zero-order valence-electron chi connectivity index (χ0n) is 14.1. The lowest BCUT2D eigenvalue weighted by Gasteiger charge is -2.11. The number of benzene rings is 1. The van der Waals surface area contributed by atoms with Crippen LogP contribution in [0.15, 0.2) is 42.9 Å². The van der Waals surface area contributed by atoms with Gasteiger partial charge in [-0.3, -0.25) is 19.9 Å². The molecule has 0 aliphatic rings. The average molecular weight is 368 g/mol. The number of carbonyl (C=O) groups is 2. The zero-order valence-corrected chi connectivity index (χ0v) is 14.9. The predicted molar refractivity (Wildman–Crippen MR) is 99.8 cm³/mol. The number of thiazole rings is 1. The van der Waals surface area contributed by atoms with E-state index in [0.29, 0.717) is 26.8 Å². The van der Waals surface area contributed by atoms with Gasteiger partial charge in [0.2, 0.25) is 0 Å². The quantitative estimate of drug-likeness (QED) is 0.655. The molecule has 8 heteroatoms. The second-order valence-electron chi connectivity index (χ2n) is 5.58. The molecule has 0 fully saturated rings. The van der Waals surface area contributed by atoms with Crippen molar-refractivity contribution in [1.82, 2.24) is 9.97 Å². The van der Waals surface area contributed by atoms with Crippen LogP contribution in [0.25, 0.3) is 0 Å². The summed E-state index contributed by atoms with van der Waals surface area (Å²) in [6.45, 7) is 3.57. The van der Waals surface area contributed by atoms with Gasteiger partial charge < -0.3 is 10.4 Å². The second-order valence-corrected chi connectivity index (χ2v) is 6.61. The third-order valence-electron chi connectivity index (χ3n) is 3.78. The topological polar surface area (TPSA) is 104 Å². The molecular weight excluding hydrogens is 352 g/mol. The van der Waals surface area contributed by atoms with E-state index in [-0.39, 0.29) is 17.6 Å². The van der Waals surface area contributed by atoms with E-state index < -0.39 is 0 Å². The van der Waals surface area contributed by atoms with Gasteiger partial charge >= 0.3 is 0 Å². The van der Waals surface area contributed by atoms with Gasteiger partial charge in [0.05, 0.1) is 11.9 Å². The molecule has 0 aliphatic heterocycles. The van der Waals surface area contributed by atoms with Crippen molar-refractivity contribution in [3.05, 3.63) is 64.4 Å². The highest BCUT2D eigenvalue weighted by Crippen LogP contribution is 2.29. The number of rotatable bonds is 4. The number of aromatic nitrogens is 2. The summed E-state index contributed by atoms with van der Waals surface area (Å²) in [6, 6.07) is 6.48. The second kappa shape index (κ2) is 7.32. The number of aryl methyl sites for hydroxylation is 1. The molecule has 0 radical (unpaired) electrons. The summed E-state index contributed by atoms with van der Waals surface area (Å²) >= 11 is 1.07. The minimum atomic E-state index is -0.358. The lowest BCUT2D eigenvalue weighted by Crippen LogP contribution is -2.12. The van der Waals surface area contributed by atoms with Crippen LogP contribution in [0.5, 0.6) is 5.75 Å². The molecule has 0 unspecified atom stereocenters. The SMILES string of the molecule is Cc1ccc(O)c(C)c1NC(=O)c1cnc(NC(=O)c2ccncc2)s1. The molecule has 26 heavy (non-hydrogen) atoms. The first-order chi connectivity index (χ1) is 12.5. The van der Waals surface area contributed by atoms with Gasteiger partial charge in [-0.2, -0.15) is 0 Å². The lowest BCUT2D eigenvalue weighted by molar-refractivity contribution is 0.102. The van der Waals surface area contributed by atoms with Crippen molar-refractivity contribution in [3.8, 4) is 5.75 Å². The van der Waals surface area contributed by atoms with E-state index in [1.807, 2.05) is 6.92 Å². The minimum Gasteiger partial charge on any atom is -0.508 e. The molecule has 3 aromatic rings. The van der Waals surface area contributed by atoms with E-state index in [2.05, 4.69) is 20.6 Å². The van der Waals surface area contributed by atoms with Crippen LogP contribution in [0.4, 0.5) is 10.8 Å². The standard InChI is InChI=1S/C18H16N4O3S/c1-10-3-4-13(23)11(2)15(10)21-17(25)14-9-20-18(26-14)22-16(24)12-5-7-19-8-6-12/h3-9,23H,1-2H3,(H,21,25)(H,20,22,24). The molecular formula is C18H16N4O3S. The van der Waals surface area contributed by atoms with Gasteiger partial charge in [0.15, 0.2) is 5.13 Å². The first-order valence-corrected chi connectivity index (χ1v) is 8.55. The summed E-state index contributed by atoms with van der Waals surface area (Å²) < 4.78 is 0. The number of amides is 2. The van der Waals surface area contributed by atoms with Gasteiger partial charge in [0, 0.05) is 23.5 Å². The fraction of sp³-hybridized carbons (Fsp3) is 0.111. The maximum Gasteiger partial charge on any atom is 0.267 e. The van der Waals surface area contributed by atoms with Gasteiger partial charge in [0.25, 0.3) is 11.8 Å². The normalized spacial score (nSPS) is 10.4. The van der Waals surface area contributed by atoms with E-state index in [1.165, 1.54) is 18.6 Å². The summed E-state index contributed by atoms with van der Waals surface area (Å²) in [6.07, 6.45) is 4.45. The van der Waals surface area contributed by atoms with Crippen LogP contribution in [0.3, 0.4) is 0 Å². The third kappa shape index (κ3) is 3.70. The number of nitrogens with one attached hydrogen (secondary N) is 2. The summed E-state index contributed by atoms with van der Waals surface area (Å²) in [5.74, 6) is -0.572. The zero-order chi connectivity index (χ0) is 18.7. The minimum absolute atomic E-state index is 0.112. The van der Waals surface area contributed by atoms with Crippen LogP contribution < -0.4 is 10.6 Å². The van der Waals surface area contributed by atoms with E-state index in [1.54, 1.807) is 31.2 Å². The van der Waals surface area contributed by atoms with Crippen molar-refractivity contribution in [2.45, 2.75) is 13.8 Å². The molecule has 1 aromatic carbocycles. The molecule has 3 N–H and O–H groups in total. The van der Waals surface area contributed by atoms with Crippen molar-refractivity contribution in [2.75, 3.05) is 10.6 Å². The number of phenols is 1. The third-order valence-corrected chi connectivity index (χ3v) is 4.69. The summed E-state index contributed by atoms with van der Waals surface area (Å²) in [5.41, 5.74) is 2.44. The van der Waals surface area contributed by atoms with Crippen LogP contribution in [-0.4, -0.2) is 26.9 Å². The first kappa shape index (κ1) is 17.6. The Morgan fingerprint density at radius 3 is 2.50 bits per heavy atom. The predicted octanol–water partition coefficient (Wildman–Crippen LogP) is 3.37. The van der Waals surface area contributed by atoms with Gasteiger partial charge in [-0.25, -0.2) is 4.98 Å². The monoisotopic (exact) mass is 368 g/mol. The molecule has 132 valence electrons. The van der Waals surface area contributed by atoms with Gasteiger partial charge in [-0.15, -0.1) is 0 Å². The molecule has 2 aromatic heterocycles. The Labute approximate surface area is 153 Å². The smallest absolute Gasteiger partial charge is 0.267 e. The summed E-state index contributed by atoms with van der Waals surface area (Å²) in [4.78, 5) is 32.8. The Morgan fingerprint density at radius 2 is 1.77 bits per heavy atom. The lowest BCUT2D eigenvalue weighted by atomic mass is 10.1. The Hall–Kier alpha value is -3.26. The number of phenolic OH excluding ortho intramolecular Hbond substituents is 1. The number of anilines is 2. The van der Waals surface area contributed by atoms with Gasteiger partial charge in [-0.1, -0.05) is 17.4 Å². The van der Waals surface area contributed by atoms with Crippen LogP contribution >= 0.6 is 11.3 Å². The molecule has 0 bridgehead atoms. The Kier molecular flexibility index (Phi) is 4.94. The molecule has 3 rings (SSSR count). The van der Waals surface area contributed by atoms with E-state index >= 15 is 0 Å². The van der Waals surface area contributed by atoms with Crippen LogP contribution in [0.1, 0.15) is 31.2 Å². The molecule has 0 aliphatic carbocycles. The van der Waals surface area contributed by atoms with E-state index in [9.17, 15) is 14.7 Å². The van der Waals surface area contributed by atoms with Crippen molar-refractivity contribution in [2.24, 2.45) is 0 Å². The number of aromatic hydroxyl groups is 1. The maximum atomic E-state index is 12.5. The van der Waals surface area contributed by atoms with Crippen molar-refractivity contribution in [3.63, 3.8) is 0 Å². The van der Waals surface area contributed by atoms with E-state index in [4.69, 9.17) is 0 Å². The number of hydrogen-bond acceptors (Lipinski definition) is 6. The van der Waals surface area contributed by atoms with Gasteiger partial charge in [0.1, 0.15) is 10.6 Å². The maximum absolute atomic E-state index is 12.5. The average Bonchev–Trinajstić information content (AvgIpc) is 3.11. The van der Waals surface area contributed by atoms with Crippen molar-refractivity contribution >= 4 is 34.0 Å². The molecule has 7 nitrogen and oxygen atoms in total. The molecule has 0 saturated carbocycles. The van der Waals surface area contributed by atoms with Crippen LogP contribution in [0.2, 0.25) is 0 Å². The Morgan fingerprint density at radius 1 is 1.04 bits per heavy atom. The Balaban J connectivity index is 1.73. The van der Waals surface area contributed by atoms with E-state index in [0.717, 1.165) is 16.9 Å². The van der Waals surface area contributed by atoms with Crippen molar-refractivity contribution < 1.29 is 14.7 Å². The van der Waals surface area contributed by atoms with Crippen LogP contribution in [0, 0.1) is 13.8 Å². The molecule has 0 spiro atoms. The highest BCUT2D eigenvalue weighted by Gasteiger charge is 2.16. The summed E-state index contributed by atoms with van der Waals surface area (Å²) in [7, 11) is 0. The molecule has 0 saturated heterocycles. The highest BCUT2D eigenvalue weighted by molar-refractivity contribution is 7.17. The van der Waals surface area contributed by atoms with Crippen LogP contribution in [-0.2, 0) is 0 Å². The Bertz CT molecular complexity index is 970. The number of carbonyl (C=O) groups excluding carboxylic acids is 2. The van der Waals surface area contributed by atoms with Gasteiger partial charge in [-0.05, 0) is 37.6 Å². The molecule has 2 amide bonds. The highest BCUT2D eigenvalue weighted by atomic mass is 32.1. The number of nitrogens with zero attached hydrogens (tertiary/aromatic N) is 2. The molecule has 0 atom stereocenters. The molecule has 2 heterocycles. The van der Waals surface area contributed by atoms with Crippen molar-refractivity contribution in [1.29, 1.82) is 0 Å². The fourth-order valence-electron chi connectivity index (χ4n) is 2.31. The fourth-order valence-corrected chi connectivity index (χ4v) is 3.02. The number of hydrogen-bond donors (Lipinski definition) is 3. The summed E-state index contributed by atoms with van der Waals surface area (Å²) in [5, 5.41) is 15.6.